The first-order valence-corrected chi connectivity index (χ1v) is 8.64. The van der Waals surface area contributed by atoms with E-state index in [-0.39, 0.29) is 32.7 Å². The quantitative estimate of drug-likeness (QED) is 0.224. The third-order valence-corrected chi connectivity index (χ3v) is 3.65. The maximum Gasteiger partial charge on any atom is 4.00 e. The molecule has 0 spiro atoms. The molecule has 0 heterocycles. The molecule has 0 saturated carbocycles. The predicted octanol–water partition coefficient (Wildman–Crippen LogP) is 5.87. The number of allylic oxidation sites excluding steroid dienone is 2. The van der Waals surface area contributed by atoms with Crippen LogP contribution in [-0.4, -0.2) is 11.1 Å². The van der Waals surface area contributed by atoms with Gasteiger partial charge in [0.25, 0.3) is 0 Å². The Hall–Kier alpha value is -0.156. The Labute approximate surface area is 157 Å². The second-order valence-electron chi connectivity index (χ2n) is 5.73. The van der Waals surface area contributed by atoms with Crippen LogP contribution in [0.5, 0.6) is 0 Å². The Morgan fingerprint density at radius 1 is 0.739 bits per heavy atom. The van der Waals surface area contributed by atoms with Crippen molar-refractivity contribution in [2.24, 2.45) is 0 Å². The second kappa shape index (κ2) is 26.7. The van der Waals surface area contributed by atoms with Gasteiger partial charge in [0.1, 0.15) is 0 Å². The number of aliphatic carboxylic acids is 1. The topological polar surface area (TPSA) is 94.3 Å². The summed E-state index contributed by atoms with van der Waals surface area (Å²) >= 11 is 0. The van der Waals surface area contributed by atoms with E-state index in [1.165, 1.54) is 70.6 Å². The summed E-state index contributed by atoms with van der Waals surface area (Å²) < 4.78 is 0. The van der Waals surface area contributed by atoms with Gasteiger partial charge in [-0.25, -0.2) is 0 Å². The van der Waals surface area contributed by atoms with E-state index in [2.05, 4.69) is 19.1 Å². The minimum atomic E-state index is -0.664. The van der Waals surface area contributed by atoms with E-state index in [0.29, 0.717) is 6.42 Å². The standard InChI is InChI=1S/C18H34O2.2O.Ti/c1-2-3-4-5-6-7-8-9-10-11-12-13-14-15-16-17-18(19)20;;;/h9-10H,2-8,11-17H2,1H3,(H,19,20);;;/q;2*-2;+4/b10-9-;;;. The van der Waals surface area contributed by atoms with Crippen molar-refractivity contribution >= 4 is 5.97 Å². The smallest absolute Gasteiger partial charge is 2.00 e. The first-order valence-electron chi connectivity index (χ1n) is 8.64. The van der Waals surface area contributed by atoms with Crippen LogP contribution >= 0.6 is 0 Å². The SMILES string of the molecule is CCCCCCCC/C=C\CCCCCCCC(=O)O.[O-2].[O-2].[Ti+4]. The van der Waals surface area contributed by atoms with Gasteiger partial charge in [-0.05, 0) is 32.1 Å². The van der Waals surface area contributed by atoms with Crippen LogP contribution in [0.1, 0.15) is 96.8 Å². The molecule has 0 bridgehead atoms. The Kier molecular flexibility index (Phi) is 35.7. The molecule has 4 nitrogen and oxygen atoms in total. The normalized spacial score (nSPS) is 9.78. The Morgan fingerprint density at radius 3 is 1.57 bits per heavy atom. The number of carbonyl (C=O) groups is 1. The maximum atomic E-state index is 10.3. The van der Waals surface area contributed by atoms with Gasteiger partial charge >= 0.3 is 27.7 Å². The monoisotopic (exact) mass is 362 g/mol. The summed E-state index contributed by atoms with van der Waals surface area (Å²) in [5.74, 6) is -0.664. The molecular weight excluding hydrogens is 328 g/mol. The molecule has 0 atom stereocenters. The molecule has 23 heavy (non-hydrogen) atoms. The zero-order valence-electron chi connectivity index (χ0n) is 14.7. The van der Waals surface area contributed by atoms with E-state index in [9.17, 15) is 4.79 Å². The van der Waals surface area contributed by atoms with Crippen molar-refractivity contribution in [2.45, 2.75) is 96.8 Å². The molecular formula is C18H34O4Ti. The maximum absolute atomic E-state index is 10.3. The molecule has 0 aromatic rings. The van der Waals surface area contributed by atoms with Crippen molar-refractivity contribution in [1.29, 1.82) is 0 Å². The molecule has 0 fully saturated rings. The largest absolute Gasteiger partial charge is 4.00 e. The number of carboxylic acid groups (broad SMARTS) is 1. The van der Waals surface area contributed by atoms with Crippen molar-refractivity contribution in [2.75, 3.05) is 0 Å². The van der Waals surface area contributed by atoms with E-state index < -0.39 is 5.97 Å². The molecule has 0 aromatic carbocycles. The second-order valence-corrected chi connectivity index (χ2v) is 5.73. The van der Waals surface area contributed by atoms with E-state index in [0.717, 1.165) is 12.8 Å². The predicted molar refractivity (Wildman–Crippen MR) is 88.5 cm³/mol. The molecule has 0 saturated heterocycles. The van der Waals surface area contributed by atoms with Gasteiger partial charge in [-0.2, -0.15) is 0 Å². The number of hydrogen-bond acceptors (Lipinski definition) is 1. The van der Waals surface area contributed by atoms with Crippen molar-refractivity contribution in [1.82, 2.24) is 0 Å². The van der Waals surface area contributed by atoms with Gasteiger partial charge in [-0.3, -0.25) is 4.79 Å². The minimum Gasteiger partial charge on any atom is -2.00 e. The van der Waals surface area contributed by atoms with Crippen LogP contribution in [0.25, 0.3) is 0 Å². The average molecular weight is 362 g/mol. The fraction of sp³-hybridized carbons (Fsp3) is 0.833. The van der Waals surface area contributed by atoms with Crippen molar-refractivity contribution in [3.8, 4) is 0 Å². The van der Waals surface area contributed by atoms with E-state index in [1.807, 2.05) is 0 Å². The molecule has 134 valence electrons. The third kappa shape index (κ3) is 30.3. The summed E-state index contributed by atoms with van der Waals surface area (Å²) in [6.45, 7) is 2.26. The van der Waals surface area contributed by atoms with Gasteiger partial charge in [-0.15, -0.1) is 0 Å². The molecule has 0 unspecified atom stereocenters. The minimum absolute atomic E-state index is 0. The van der Waals surface area contributed by atoms with E-state index >= 15 is 0 Å². The summed E-state index contributed by atoms with van der Waals surface area (Å²) in [4.78, 5) is 10.3. The fourth-order valence-electron chi connectivity index (χ4n) is 2.35. The Bertz CT molecular complexity index is 245. The van der Waals surface area contributed by atoms with Crippen LogP contribution in [0, 0.1) is 0 Å². The van der Waals surface area contributed by atoms with E-state index in [4.69, 9.17) is 5.11 Å². The van der Waals surface area contributed by atoms with Crippen molar-refractivity contribution in [3.05, 3.63) is 12.2 Å². The number of rotatable bonds is 15. The van der Waals surface area contributed by atoms with Gasteiger partial charge in [0.05, 0.1) is 0 Å². The van der Waals surface area contributed by atoms with Gasteiger partial charge in [0.15, 0.2) is 0 Å². The number of hydrogen-bond donors (Lipinski definition) is 1. The van der Waals surface area contributed by atoms with Gasteiger partial charge in [0.2, 0.25) is 0 Å². The summed E-state index contributed by atoms with van der Waals surface area (Å²) in [6, 6.07) is 0. The van der Waals surface area contributed by atoms with Crippen LogP contribution in [0.4, 0.5) is 0 Å². The van der Waals surface area contributed by atoms with Crippen LogP contribution in [0.15, 0.2) is 12.2 Å². The first kappa shape index (κ1) is 30.7. The zero-order chi connectivity index (χ0) is 14.9. The number of unbranched alkanes of at least 4 members (excludes halogenated alkanes) is 11. The van der Waals surface area contributed by atoms with Gasteiger partial charge in [-0.1, -0.05) is 70.4 Å². The number of carboxylic acids is 1. The molecule has 0 amide bonds. The summed E-state index contributed by atoms with van der Waals surface area (Å²) in [6.07, 6.45) is 21.2. The molecule has 0 aliphatic carbocycles. The molecule has 0 radical (unpaired) electrons. The zero-order valence-corrected chi connectivity index (χ0v) is 16.3. The average Bonchev–Trinajstić information content (AvgIpc) is 2.43. The van der Waals surface area contributed by atoms with Crippen LogP contribution in [0.2, 0.25) is 0 Å². The fourth-order valence-corrected chi connectivity index (χ4v) is 2.35. The molecule has 0 aliphatic rings. The summed E-state index contributed by atoms with van der Waals surface area (Å²) in [7, 11) is 0. The third-order valence-electron chi connectivity index (χ3n) is 3.65. The molecule has 0 rings (SSSR count). The van der Waals surface area contributed by atoms with Gasteiger partial charge in [0, 0.05) is 6.42 Å². The van der Waals surface area contributed by atoms with Crippen LogP contribution in [0.3, 0.4) is 0 Å². The molecule has 0 aromatic heterocycles. The first-order chi connectivity index (χ1) is 9.77. The van der Waals surface area contributed by atoms with Gasteiger partial charge < -0.3 is 16.1 Å². The molecule has 0 aliphatic heterocycles. The van der Waals surface area contributed by atoms with E-state index in [1.54, 1.807) is 0 Å². The molecule has 1 N–H and O–H groups in total. The van der Waals surface area contributed by atoms with Crippen LogP contribution in [-0.2, 0) is 37.5 Å². The van der Waals surface area contributed by atoms with Crippen LogP contribution < -0.4 is 0 Å². The van der Waals surface area contributed by atoms with Crippen molar-refractivity contribution < 1.29 is 42.6 Å². The summed E-state index contributed by atoms with van der Waals surface area (Å²) in [5.41, 5.74) is 0. The van der Waals surface area contributed by atoms with Crippen molar-refractivity contribution in [3.63, 3.8) is 0 Å². The molecule has 5 heteroatoms. The Balaban J connectivity index is -0.000000602. The Morgan fingerprint density at radius 2 is 1.13 bits per heavy atom. The summed E-state index contributed by atoms with van der Waals surface area (Å²) in [5, 5.41) is 8.51.